The van der Waals surface area contributed by atoms with E-state index in [0.29, 0.717) is 6.04 Å². The first-order chi connectivity index (χ1) is 7.75. The van der Waals surface area contributed by atoms with E-state index in [1.165, 1.54) is 12.8 Å². The molecule has 0 spiro atoms. The van der Waals surface area contributed by atoms with E-state index in [-0.39, 0.29) is 0 Å². The molecule has 1 atom stereocenters. The van der Waals surface area contributed by atoms with Crippen LogP contribution in [0, 0.1) is 0 Å². The van der Waals surface area contributed by atoms with E-state index < -0.39 is 0 Å². The van der Waals surface area contributed by atoms with Gasteiger partial charge in [-0.1, -0.05) is 23.2 Å². The van der Waals surface area contributed by atoms with Gasteiger partial charge in [-0.25, -0.2) is 0 Å². The van der Waals surface area contributed by atoms with Crippen molar-refractivity contribution in [2.24, 2.45) is 0 Å². The van der Waals surface area contributed by atoms with Crippen molar-refractivity contribution in [2.75, 3.05) is 13.1 Å². The predicted molar refractivity (Wildman–Crippen MR) is 69.2 cm³/mol. The van der Waals surface area contributed by atoms with Crippen LogP contribution in [0.25, 0.3) is 0 Å². The SMILES string of the molecule is Clc1ccc(Cl)c(CNCC2CCCN2)c1. The molecule has 1 heterocycles. The highest BCUT2D eigenvalue weighted by Crippen LogP contribution is 2.20. The number of hydrogen-bond donors (Lipinski definition) is 2. The van der Waals surface area contributed by atoms with Crippen molar-refractivity contribution in [3.05, 3.63) is 33.8 Å². The Labute approximate surface area is 106 Å². The van der Waals surface area contributed by atoms with Crippen molar-refractivity contribution >= 4 is 23.2 Å². The molecule has 16 heavy (non-hydrogen) atoms. The topological polar surface area (TPSA) is 24.1 Å². The van der Waals surface area contributed by atoms with Crippen LogP contribution in [-0.2, 0) is 6.54 Å². The Morgan fingerprint density at radius 1 is 1.38 bits per heavy atom. The van der Waals surface area contributed by atoms with Crippen LogP contribution >= 0.6 is 23.2 Å². The van der Waals surface area contributed by atoms with Crippen molar-refractivity contribution in [3.8, 4) is 0 Å². The zero-order valence-electron chi connectivity index (χ0n) is 9.10. The number of benzene rings is 1. The summed E-state index contributed by atoms with van der Waals surface area (Å²) in [7, 11) is 0. The first-order valence-electron chi connectivity index (χ1n) is 5.64. The molecule has 1 fully saturated rings. The fourth-order valence-corrected chi connectivity index (χ4v) is 2.37. The zero-order valence-corrected chi connectivity index (χ0v) is 10.6. The second kappa shape index (κ2) is 5.87. The molecule has 2 nitrogen and oxygen atoms in total. The molecule has 88 valence electrons. The second-order valence-corrected chi connectivity index (χ2v) is 5.00. The number of halogens is 2. The largest absolute Gasteiger partial charge is 0.313 e. The van der Waals surface area contributed by atoms with Crippen LogP contribution in [-0.4, -0.2) is 19.1 Å². The summed E-state index contributed by atoms with van der Waals surface area (Å²) in [4.78, 5) is 0. The van der Waals surface area contributed by atoms with Gasteiger partial charge in [-0.05, 0) is 43.1 Å². The first-order valence-corrected chi connectivity index (χ1v) is 6.39. The molecule has 1 saturated heterocycles. The molecule has 1 aromatic carbocycles. The van der Waals surface area contributed by atoms with Crippen LogP contribution in [0.1, 0.15) is 18.4 Å². The Bertz CT molecular complexity index is 349. The number of rotatable bonds is 4. The van der Waals surface area contributed by atoms with Crippen LogP contribution in [0.4, 0.5) is 0 Å². The van der Waals surface area contributed by atoms with Gasteiger partial charge in [-0.15, -0.1) is 0 Å². The molecular weight excluding hydrogens is 243 g/mol. The van der Waals surface area contributed by atoms with Gasteiger partial charge < -0.3 is 10.6 Å². The molecule has 0 radical (unpaired) electrons. The van der Waals surface area contributed by atoms with Crippen LogP contribution < -0.4 is 10.6 Å². The van der Waals surface area contributed by atoms with Gasteiger partial charge in [0.1, 0.15) is 0 Å². The highest BCUT2D eigenvalue weighted by atomic mass is 35.5. The standard InChI is InChI=1S/C12H16Cl2N2/c13-10-3-4-12(14)9(6-10)7-15-8-11-2-1-5-16-11/h3-4,6,11,15-16H,1-2,5,7-8H2. The van der Waals surface area contributed by atoms with Crippen molar-refractivity contribution in [2.45, 2.75) is 25.4 Å². The lowest BCUT2D eigenvalue weighted by Gasteiger charge is -2.12. The van der Waals surface area contributed by atoms with E-state index in [2.05, 4.69) is 10.6 Å². The van der Waals surface area contributed by atoms with E-state index in [9.17, 15) is 0 Å². The average molecular weight is 259 g/mol. The molecule has 4 heteroatoms. The van der Waals surface area contributed by atoms with E-state index in [4.69, 9.17) is 23.2 Å². The predicted octanol–water partition coefficient (Wildman–Crippen LogP) is 2.84. The Balaban J connectivity index is 1.82. The molecular formula is C12H16Cl2N2. The minimum atomic E-state index is 0.609. The summed E-state index contributed by atoms with van der Waals surface area (Å²) in [5.41, 5.74) is 1.06. The second-order valence-electron chi connectivity index (χ2n) is 4.16. The normalized spacial score (nSPS) is 20.2. The quantitative estimate of drug-likeness (QED) is 0.868. The highest BCUT2D eigenvalue weighted by Gasteiger charge is 2.13. The monoisotopic (exact) mass is 258 g/mol. The molecule has 0 bridgehead atoms. The summed E-state index contributed by atoms with van der Waals surface area (Å²) < 4.78 is 0. The van der Waals surface area contributed by atoms with E-state index in [1.807, 2.05) is 18.2 Å². The molecule has 0 amide bonds. The lowest BCUT2D eigenvalue weighted by Crippen LogP contribution is -2.33. The van der Waals surface area contributed by atoms with Crippen LogP contribution in [0.5, 0.6) is 0 Å². The fourth-order valence-electron chi connectivity index (χ4n) is 1.99. The van der Waals surface area contributed by atoms with Gasteiger partial charge >= 0.3 is 0 Å². The first kappa shape index (κ1) is 12.2. The molecule has 1 aromatic rings. The van der Waals surface area contributed by atoms with Crippen LogP contribution in [0.2, 0.25) is 10.0 Å². The summed E-state index contributed by atoms with van der Waals surface area (Å²) in [5.74, 6) is 0. The zero-order chi connectivity index (χ0) is 11.4. The van der Waals surface area contributed by atoms with Crippen LogP contribution in [0.3, 0.4) is 0 Å². The molecule has 1 aliphatic rings. The molecule has 0 saturated carbocycles. The average Bonchev–Trinajstić information content (AvgIpc) is 2.76. The molecule has 2 rings (SSSR count). The third-order valence-electron chi connectivity index (χ3n) is 2.88. The number of nitrogens with one attached hydrogen (secondary N) is 2. The Kier molecular flexibility index (Phi) is 4.47. The summed E-state index contributed by atoms with van der Waals surface area (Å²) in [6.07, 6.45) is 2.54. The minimum Gasteiger partial charge on any atom is -0.313 e. The minimum absolute atomic E-state index is 0.609. The van der Waals surface area contributed by atoms with Gasteiger partial charge in [0.15, 0.2) is 0 Å². The summed E-state index contributed by atoms with van der Waals surface area (Å²) in [6, 6.07) is 6.18. The Morgan fingerprint density at radius 3 is 3.00 bits per heavy atom. The summed E-state index contributed by atoms with van der Waals surface area (Å²) in [6.45, 7) is 2.91. The van der Waals surface area contributed by atoms with Gasteiger partial charge in [-0.3, -0.25) is 0 Å². The highest BCUT2D eigenvalue weighted by molar-refractivity contribution is 6.33. The molecule has 0 aromatic heterocycles. The third kappa shape index (κ3) is 3.36. The molecule has 1 aliphatic heterocycles. The maximum absolute atomic E-state index is 6.08. The smallest absolute Gasteiger partial charge is 0.0451 e. The summed E-state index contributed by atoms with van der Waals surface area (Å²) in [5, 5.41) is 8.36. The van der Waals surface area contributed by atoms with Crippen molar-refractivity contribution in [1.82, 2.24) is 10.6 Å². The van der Waals surface area contributed by atoms with Crippen molar-refractivity contribution < 1.29 is 0 Å². The maximum atomic E-state index is 6.08. The van der Waals surface area contributed by atoms with Gasteiger partial charge in [0.05, 0.1) is 0 Å². The van der Waals surface area contributed by atoms with Gasteiger partial charge in [0.25, 0.3) is 0 Å². The lowest BCUT2D eigenvalue weighted by atomic mass is 10.2. The molecule has 2 N–H and O–H groups in total. The Morgan fingerprint density at radius 2 is 2.25 bits per heavy atom. The fraction of sp³-hybridized carbons (Fsp3) is 0.500. The van der Waals surface area contributed by atoms with Crippen molar-refractivity contribution in [3.63, 3.8) is 0 Å². The van der Waals surface area contributed by atoms with E-state index in [0.717, 1.165) is 35.2 Å². The van der Waals surface area contributed by atoms with E-state index in [1.54, 1.807) is 0 Å². The van der Waals surface area contributed by atoms with Gasteiger partial charge in [0.2, 0.25) is 0 Å². The Hall–Kier alpha value is -0.280. The number of hydrogen-bond acceptors (Lipinski definition) is 2. The third-order valence-corrected chi connectivity index (χ3v) is 3.48. The molecule has 0 aliphatic carbocycles. The van der Waals surface area contributed by atoms with Crippen molar-refractivity contribution in [1.29, 1.82) is 0 Å². The van der Waals surface area contributed by atoms with Gasteiger partial charge in [-0.2, -0.15) is 0 Å². The lowest BCUT2D eigenvalue weighted by molar-refractivity contribution is 0.536. The summed E-state index contributed by atoms with van der Waals surface area (Å²) >= 11 is 12.0. The molecule has 1 unspecified atom stereocenters. The van der Waals surface area contributed by atoms with E-state index >= 15 is 0 Å². The maximum Gasteiger partial charge on any atom is 0.0451 e. The van der Waals surface area contributed by atoms with Crippen LogP contribution in [0.15, 0.2) is 18.2 Å². The van der Waals surface area contributed by atoms with Gasteiger partial charge in [0, 0.05) is 29.2 Å².